The van der Waals surface area contributed by atoms with Crippen LogP contribution in [-0.4, -0.2) is 34.8 Å². The number of hydrogen-bond donors (Lipinski definition) is 1. The van der Waals surface area contributed by atoms with Gasteiger partial charge in [0.15, 0.2) is 11.5 Å². The van der Waals surface area contributed by atoms with E-state index >= 15 is 0 Å². The molecule has 1 heterocycles. The van der Waals surface area contributed by atoms with Crippen LogP contribution in [0.2, 0.25) is 0 Å². The summed E-state index contributed by atoms with van der Waals surface area (Å²) in [5.74, 6) is 0.794. The van der Waals surface area contributed by atoms with E-state index in [1.165, 1.54) is 13.2 Å². The number of anilines is 2. The zero-order chi connectivity index (χ0) is 23.6. The minimum absolute atomic E-state index is 0.0125. The van der Waals surface area contributed by atoms with E-state index in [0.29, 0.717) is 22.9 Å². The zero-order valence-electron chi connectivity index (χ0n) is 18.5. The quantitative estimate of drug-likeness (QED) is 0.566. The fourth-order valence-electron chi connectivity index (χ4n) is 3.44. The Bertz CT molecular complexity index is 1290. The number of carbonyl (C=O) groups excluding carboxylic acids is 1. The number of carbonyl (C=O) groups is 1. The van der Waals surface area contributed by atoms with Crippen LogP contribution in [0.15, 0.2) is 65.6 Å². The Morgan fingerprint density at radius 1 is 0.970 bits per heavy atom. The molecule has 0 saturated carbocycles. The molecule has 0 aliphatic carbocycles. The Kier molecular flexibility index (Phi) is 6.15. The molecule has 9 heteroatoms. The van der Waals surface area contributed by atoms with Gasteiger partial charge in [0.25, 0.3) is 10.0 Å². The lowest BCUT2D eigenvalue weighted by molar-refractivity contribution is -0.114. The van der Waals surface area contributed by atoms with Gasteiger partial charge in [0.2, 0.25) is 12.7 Å². The molecule has 0 fully saturated rings. The lowest BCUT2D eigenvalue weighted by atomic mass is 10.2. The predicted molar refractivity (Wildman–Crippen MR) is 125 cm³/mol. The summed E-state index contributed by atoms with van der Waals surface area (Å²) in [6.07, 6.45) is 0. The summed E-state index contributed by atoms with van der Waals surface area (Å²) < 4.78 is 44.4. The number of rotatable bonds is 7. The van der Waals surface area contributed by atoms with Crippen LogP contribution in [0.1, 0.15) is 11.1 Å². The summed E-state index contributed by atoms with van der Waals surface area (Å²) in [6, 6.07) is 16.8. The maximum atomic E-state index is 13.7. The first-order valence-corrected chi connectivity index (χ1v) is 11.7. The maximum Gasteiger partial charge on any atom is 0.268 e. The van der Waals surface area contributed by atoms with Crippen LogP contribution in [-0.2, 0) is 14.8 Å². The van der Waals surface area contributed by atoms with E-state index in [1.807, 2.05) is 6.92 Å². The van der Waals surface area contributed by atoms with Gasteiger partial charge >= 0.3 is 0 Å². The standard InChI is InChI=1S/C24H24N2O6S/c1-16-4-8-19(9-5-16)26(33(28,29)23-12-17(2)6-10-21(23)30-3)14-24(27)25-18-7-11-20-22(13-18)32-15-31-20/h4-13H,14-15H2,1-3H3,(H,25,27). The molecule has 4 rings (SSSR count). The van der Waals surface area contributed by atoms with Crippen molar-refractivity contribution in [1.82, 2.24) is 0 Å². The van der Waals surface area contributed by atoms with E-state index in [4.69, 9.17) is 14.2 Å². The van der Waals surface area contributed by atoms with Crippen LogP contribution in [0, 0.1) is 13.8 Å². The van der Waals surface area contributed by atoms with Crippen LogP contribution in [0.3, 0.4) is 0 Å². The van der Waals surface area contributed by atoms with Crippen LogP contribution in [0.4, 0.5) is 11.4 Å². The van der Waals surface area contributed by atoms with Crippen LogP contribution in [0.25, 0.3) is 0 Å². The monoisotopic (exact) mass is 468 g/mol. The van der Waals surface area contributed by atoms with Crippen molar-refractivity contribution in [3.8, 4) is 17.2 Å². The summed E-state index contributed by atoms with van der Waals surface area (Å²) in [6.45, 7) is 3.38. The van der Waals surface area contributed by atoms with Crippen molar-refractivity contribution in [3.05, 3.63) is 71.8 Å². The number of nitrogens with one attached hydrogen (secondary N) is 1. The van der Waals surface area contributed by atoms with Gasteiger partial charge in [0.1, 0.15) is 17.2 Å². The molecule has 1 amide bonds. The average molecular weight is 469 g/mol. The summed E-state index contributed by atoms with van der Waals surface area (Å²) in [4.78, 5) is 12.9. The van der Waals surface area contributed by atoms with Crippen molar-refractivity contribution in [2.24, 2.45) is 0 Å². The second kappa shape index (κ2) is 9.03. The summed E-state index contributed by atoms with van der Waals surface area (Å²) in [7, 11) is -2.72. The average Bonchev–Trinajstić information content (AvgIpc) is 3.26. The molecule has 33 heavy (non-hydrogen) atoms. The Morgan fingerprint density at radius 2 is 1.67 bits per heavy atom. The Hall–Kier alpha value is -3.72. The highest BCUT2D eigenvalue weighted by molar-refractivity contribution is 7.93. The number of aryl methyl sites for hydroxylation is 2. The first-order valence-electron chi connectivity index (χ1n) is 10.2. The van der Waals surface area contributed by atoms with Crippen molar-refractivity contribution in [2.45, 2.75) is 18.7 Å². The molecule has 1 aliphatic heterocycles. The molecule has 172 valence electrons. The lowest BCUT2D eigenvalue weighted by Gasteiger charge is -2.25. The number of ether oxygens (including phenoxy) is 3. The van der Waals surface area contributed by atoms with E-state index in [9.17, 15) is 13.2 Å². The van der Waals surface area contributed by atoms with Gasteiger partial charge in [0, 0.05) is 11.8 Å². The van der Waals surface area contributed by atoms with Gasteiger partial charge in [-0.25, -0.2) is 8.42 Å². The van der Waals surface area contributed by atoms with Crippen LogP contribution >= 0.6 is 0 Å². The van der Waals surface area contributed by atoms with Crippen molar-refractivity contribution in [1.29, 1.82) is 0 Å². The van der Waals surface area contributed by atoms with E-state index in [1.54, 1.807) is 61.5 Å². The van der Waals surface area contributed by atoms with Gasteiger partial charge in [-0.3, -0.25) is 9.10 Å². The maximum absolute atomic E-state index is 13.7. The SMILES string of the molecule is COc1ccc(C)cc1S(=O)(=O)N(CC(=O)Nc1ccc2c(c1)OCO2)c1ccc(C)cc1. The minimum Gasteiger partial charge on any atom is -0.495 e. The summed E-state index contributed by atoms with van der Waals surface area (Å²) >= 11 is 0. The number of sulfonamides is 1. The molecule has 0 unspecified atom stereocenters. The summed E-state index contributed by atoms with van der Waals surface area (Å²) in [5.41, 5.74) is 2.56. The molecule has 8 nitrogen and oxygen atoms in total. The van der Waals surface area contributed by atoms with Gasteiger partial charge in [-0.1, -0.05) is 23.8 Å². The second-order valence-corrected chi connectivity index (χ2v) is 9.45. The number of benzene rings is 3. The number of hydrogen-bond acceptors (Lipinski definition) is 6. The van der Waals surface area contributed by atoms with Gasteiger partial charge in [0.05, 0.1) is 12.8 Å². The third kappa shape index (κ3) is 4.73. The van der Waals surface area contributed by atoms with E-state index in [2.05, 4.69) is 5.32 Å². The predicted octanol–water partition coefficient (Wildman–Crippen LogP) is 3.87. The molecule has 0 aromatic heterocycles. The number of nitrogens with zero attached hydrogens (tertiary/aromatic N) is 1. The molecule has 3 aromatic rings. The second-order valence-electron chi connectivity index (χ2n) is 7.62. The first-order chi connectivity index (χ1) is 15.8. The van der Waals surface area contributed by atoms with Crippen LogP contribution < -0.4 is 23.8 Å². The van der Waals surface area contributed by atoms with Crippen molar-refractivity contribution in [3.63, 3.8) is 0 Å². The van der Waals surface area contributed by atoms with E-state index in [-0.39, 0.29) is 17.4 Å². The number of fused-ring (bicyclic) bond motifs is 1. The largest absolute Gasteiger partial charge is 0.495 e. The van der Waals surface area contributed by atoms with Gasteiger partial charge < -0.3 is 19.5 Å². The highest BCUT2D eigenvalue weighted by Crippen LogP contribution is 2.34. The molecule has 0 atom stereocenters. The number of amides is 1. The molecule has 3 aromatic carbocycles. The summed E-state index contributed by atoms with van der Waals surface area (Å²) in [5, 5.41) is 2.73. The molecular formula is C24H24N2O6S. The fraction of sp³-hybridized carbons (Fsp3) is 0.208. The van der Waals surface area contributed by atoms with Crippen molar-refractivity contribution in [2.75, 3.05) is 30.1 Å². The number of methoxy groups -OCH3 is 1. The van der Waals surface area contributed by atoms with Crippen LogP contribution in [0.5, 0.6) is 17.2 Å². The lowest BCUT2D eigenvalue weighted by Crippen LogP contribution is -2.38. The molecular weight excluding hydrogens is 444 g/mol. The molecule has 0 saturated heterocycles. The molecule has 1 aliphatic rings. The van der Waals surface area contributed by atoms with Gasteiger partial charge in [-0.15, -0.1) is 0 Å². The molecule has 1 N–H and O–H groups in total. The van der Waals surface area contributed by atoms with Crippen molar-refractivity contribution >= 4 is 27.3 Å². The Morgan fingerprint density at radius 3 is 2.39 bits per heavy atom. The minimum atomic E-state index is -4.13. The Balaban J connectivity index is 1.67. The first kappa shape index (κ1) is 22.5. The topological polar surface area (TPSA) is 94.2 Å². The molecule has 0 spiro atoms. The normalized spacial score (nSPS) is 12.3. The van der Waals surface area contributed by atoms with Gasteiger partial charge in [-0.2, -0.15) is 0 Å². The van der Waals surface area contributed by atoms with E-state index in [0.717, 1.165) is 15.4 Å². The Labute approximate surface area is 192 Å². The highest BCUT2D eigenvalue weighted by Gasteiger charge is 2.30. The molecule has 0 radical (unpaired) electrons. The zero-order valence-corrected chi connectivity index (χ0v) is 19.3. The van der Waals surface area contributed by atoms with Crippen molar-refractivity contribution < 1.29 is 27.4 Å². The third-order valence-corrected chi connectivity index (χ3v) is 6.95. The van der Waals surface area contributed by atoms with Gasteiger partial charge in [-0.05, 0) is 55.8 Å². The fourth-order valence-corrected chi connectivity index (χ4v) is 5.10. The third-order valence-electron chi connectivity index (χ3n) is 5.15. The van der Waals surface area contributed by atoms with E-state index < -0.39 is 22.5 Å². The molecule has 0 bridgehead atoms. The smallest absolute Gasteiger partial charge is 0.268 e. The highest BCUT2D eigenvalue weighted by atomic mass is 32.2.